The minimum absolute atomic E-state index is 0.251. The lowest BCUT2D eigenvalue weighted by molar-refractivity contribution is 0.0316. The molecule has 0 saturated heterocycles. The molecule has 0 saturated carbocycles. The Hall–Kier alpha value is -2.14. The first-order chi connectivity index (χ1) is 9.90. The number of halogens is 1. The molecule has 1 atom stereocenters. The number of Topliss-reactive ketones (excluding diaryl/α,β-unsaturated/α-hetero) is 1. The quantitative estimate of drug-likeness (QED) is 0.640. The van der Waals surface area contributed by atoms with E-state index in [4.69, 9.17) is 20.9 Å². The minimum atomic E-state index is -0.926. The van der Waals surface area contributed by atoms with Crippen molar-refractivity contribution in [3.8, 4) is 0 Å². The number of aromatic nitrogens is 1. The zero-order chi connectivity index (χ0) is 15.6. The zero-order valence-corrected chi connectivity index (χ0v) is 12.6. The summed E-state index contributed by atoms with van der Waals surface area (Å²) >= 11 is 5.84. The molecule has 0 unspecified atom stereocenters. The number of hydrogen-bond acceptors (Lipinski definition) is 5. The number of ketones is 1. The van der Waals surface area contributed by atoms with Gasteiger partial charge in [0.15, 0.2) is 6.10 Å². The highest BCUT2D eigenvalue weighted by atomic mass is 35.5. The fourth-order valence-corrected chi connectivity index (χ4v) is 2.11. The van der Waals surface area contributed by atoms with Crippen molar-refractivity contribution in [1.29, 1.82) is 0 Å². The van der Waals surface area contributed by atoms with Crippen molar-refractivity contribution in [3.05, 3.63) is 51.9 Å². The molecule has 6 heteroatoms. The molecule has 5 nitrogen and oxygen atoms in total. The van der Waals surface area contributed by atoms with Gasteiger partial charge in [-0.15, -0.1) is 0 Å². The van der Waals surface area contributed by atoms with E-state index in [0.29, 0.717) is 22.0 Å². The Balaban J connectivity index is 2.13. The van der Waals surface area contributed by atoms with Crippen LogP contribution in [-0.2, 0) is 4.74 Å². The summed E-state index contributed by atoms with van der Waals surface area (Å²) in [5.74, 6) is -0.591. The van der Waals surface area contributed by atoms with Crippen LogP contribution in [0.25, 0.3) is 0 Å². The molecule has 1 aromatic carbocycles. The molecule has 0 bridgehead atoms. The summed E-state index contributed by atoms with van der Waals surface area (Å²) in [6.45, 7) is 4.76. The standard InChI is InChI=1S/C15H14ClNO4/c1-8-13(9(2)21-17-8)15(19)20-10(3)14(18)11-5-4-6-12(16)7-11/h4-7,10H,1-3H3/t10-/m1/s1. The van der Waals surface area contributed by atoms with Gasteiger partial charge in [-0.25, -0.2) is 4.79 Å². The molecule has 2 rings (SSSR count). The first-order valence-corrected chi connectivity index (χ1v) is 6.71. The molecule has 0 aliphatic rings. The maximum absolute atomic E-state index is 12.2. The van der Waals surface area contributed by atoms with Gasteiger partial charge in [-0.2, -0.15) is 0 Å². The average Bonchev–Trinajstić information content (AvgIpc) is 2.77. The molecule has 2 aromatic rings. The Kier molecular flexibility index (Phi) is 4.43. The molecular formula is C15H14ClNO4. The second-order valence-electron chi connectivity index (χ2n) is 4.62. The summed E-state index contributed by atoms with van der Waals surface area (Å²) in [5.41, 5.74) is 1.07. The molecular weight excluding hydrogens is 294 g/mol. The molecule has 0 spiro atoms. The highest BCUT2D eigenvalue weighted by molar-refractivity contribution is 6.31. The molecule has 1 aromatic heterocycles. The third-order valence-electron chi connectivity index (χ3n) is 3.00. The summed E-state index contributed by atoms with van der Waals surface area (Å²) in [5, 5.41) is 4.13. The van der Waals surface area contributed by atoms with Crippen molar-refractivity contribution in [1.82, 2.24) is 5.16 Å². The number of nitrogens with zero attached hydrogens (tertiary/aromatic N) is 1. The highest BCUT2D eigenvalue weighted by Crippen LogP contribution is 2.17. The molecule has 0 N–H and O–H groups in total. The van der Waals surface area contributed by atoms with Gasteiger partial charge in [0.1, 0.15) is 11.3 Å². The molecule has 21 heavy (non-hydrogen) atoms. The van der Waals surface area contributed by atoms with Crippen molar-refractivity contribution in [3.63, 3.8) is 0 Å². The fourth-order valence-electron chi connectivity index (χ4n) is 1.92. The fraction of sp³-hybridized carbons (Fsp3) is 0.267. The van der Waals surface area contributed by atoms with Gasteiger partial charge in [0.25, 0.3) is 0 Å². The van der Waals surface area contributed by atoms with Gasteiger partial charge in [0.05, 0.1) is 5.69 Å². The van der Waals surface area contributed by atoms with Crippen LogP contribution < -0.4 is 0 Å². The van der Waals surface area contributed by atoms with Crippen LogP contribution in [0.15, 0.2) is 28.8 Å². The van der Waals surface area contributed by atoms with Gasteiger partial charge in [0, 0.05) is 10.6 Å². The topological polar surface area (TPSA) is 69.4 Å². The zero-order valence-electron chi connectivity index (χ0n) is 11.8. The van der Waals surface area contributed by atoms with Gasteiger partial charge in [-0.3, -0.25) is 4.79 Å². The number of benzene rings is 1. The van der Waals surface area contributed by atoms with Gasteiger partial charge in [-0.05, 0) is 32.9 Å². The molecule has 0 aliphatic heterocycles. The van der Waals surface area contributed by atoms with Crippen LogP contribution in [0.4, 0.5) is 0 Å². The number of esters is 1. The minimum Gasteiger partial charge on any atom is -0.451 e. The Morgan fingerprint density at radius 2 is 2.05 bits per heavy atom. The normalized spacial score (nSPS) is 12.0. The number of hydrogen-bond donors (Lipinski definition) is 0. The Morgan fingerprint density at radius 3 is 2.62 bits per heavy atom. The maximum Gasteiger partial charge on any atom is 0.344 e. The van der Waals surface area contributed by atoms with Gasteiger partial charge < -0.3 is 9.26 Å². The second kappa shape index (κ2) is 6.10. The van der Waals surface area contributed by atoms with E-state index in [-0.39, 0.29) is 11.3 Å². The first-order valence-electron chi connectivity index (χ1n) is 6.33. The monoisotopic (exact) mass is 307 g/mol. The lowest BCUT2D eigenvalue weighted by atomic mass is 10.1. The first kappa shape index (κ1) is 15.3. The highest BCUT2D eigenvalue weighted by Gasteiger charge is 2.24. The van der Waals surface area contributed by atoms with Crippen LogP contribution in [-0.4, -0.2) is 23.0 Å². The van der Waals surface area contributed by atoms with E-state index in [1.54, 1.807) is 32.0 Å². The van der Waals surface area contributed by atoms with E-state index >= 15 is 0 Å². The van der Waals surface area contributed by atoms with Crippen molar-refractivity contribution in [2.45, 2.75) is 26.9 Å². The Labute approximate surface area is 126 Å². The van der Waals surface area contributed by atoms with E-state index in [9.17, 15) is 9.59 Å². The van der Waals surface area contributed by atoms with Crippen LogP contribution in [0.2, 0.25) is 5.02 Å². The summed E-state index contributed by atoms with van der Waals surface area (Å²) in [7, 11) is 0. The molecule has 110 valence electrons. The van der Waals surface area contributed by atoms with Crippen LogP contribution in [0.3, 0.4) is 0 Å². The predicted octanol–water partition coefficient (Wildman–Crippen LogP) is 3.37. The average molecular weight is 308 g/mol. The third-order valence-corrected chi connectivity index (χ3v) is 3.23. The van der Waals surface area contributed by atoms with Gasteiger partial charge >= 0.3 is 5.97 Å². The molecule has 0 amide bonds. The summed E-state index contributed by atoms with van der Waals surface area (Å²) in [4.78, 5) is 24.3. The lowest BCUT2D eigenvalue weighted by Gasteiger charge is -2.12. The van der Waals surface area contributed by atoms with Crippen molar-refractivity contribution in [2.75, 3.05) is 0 Å². The second-order valence-corrected chi connectivity index (χ2v) is 5.06. The Bertz CT molecular complexity index is 673. The smallest absolute Gasteiger partial charge is 0.344 e. The van der Waals surface area contributed by atoms with Crippen LogP contribution >= 0.6 is 11.6 Å². The number of carbonyl (C=O) groups is 2. The van der Waals surface area contributed by atoms with Gasteiger partial charge in [0.2, 0.25) is 5.78 Å². The Morgan fingerprint density at radius 1 is 1.33 bits per heavy atom. The summed E-state index contributed by atoms with van der Waals surface area (Å²) in [6.07, 6.45) is -0.926. The van der Waals surface area contributed by atoms with Crippen LogP contribution in [0, 0.1) is 13.8 Å². The summed E-state index contributed by atoms with van der Waals surface area (Å²) in [6, 6.07) is 6.48. The molecule has 0 aliphatic carbocycles. The maximum atomic E-state index is 12.2. The molecule has 1 heterocycles. The van der Waals surface area contributed by atoms with E-state index in [0.717, 1.165) is 0 Å². The van der Waals surface area contributed by atoms with Crippen molar-refractivity contribution in [2.24, 2.45) is 0 Å². The SMILES string of the molecule is Cc1noc(C)c1C(=O)O[C@H](C)C(=O)c1cccc(Cl)c1. The lowest BCUT2D eigenvalue weighted by Crippen LogP contribution is -2.24. The number of ether oxygens (including phenoxy) is 1. The van der Waals surface area contributed by atoms with Gasteiger partial charge in [-0.1, -0.05) is 28.9 Å². The molecule has 0 fully saturated rings. The van der Waals surface area contributed by atoms with Crippen molar-refractivity contribution < 1.29 is 18.8 Å². The van der Waals surface area contributed by atoms with E-state index in [2.05, 4.69) is 5.16 Å². The molecule has 0 radical (unpaired) electrons. The van der Waals surface area contributed by atoms with E-state index in [1.807, 2.05) is 0 Å². The number of carbonyl (C=O) groups excluding carboxylic acids is 2. The third kappa shape index (κ3) is 3.31. The number of aryl methyl sites for hydroxylation is 2. The summed E-state index contributed by atoms with van der Waals surface area (Å²) < 4.78 is 10.1. The predicted molar refractivity (Wildman–Crippen MR) is 76.6 cm³/mol. The van der Waals surface area contributed by atoms with E-state index < -0.39 is 12.1 Å². The van der Waals surface area contributed by atoms with Crippen molar-refractivity contribution >= 4 is 23.4 Å². The van der Waals surface area contributed by atoms with Crippen LogP contribution in [0.5, 0.6) is 0 Å². The van der Waals surface area contributed by atoms with Crippen LogP contribution in [0.1, 0.15) is 39.1 Å². The number of rotatable bonds is 4. The van der Waals surface area contributed by atoms with E-state index in [1.165, 1.54) is 13.0 Å². The largest absolute Gasteiger partial charge is 0.451 e.